The van der Waals surface area contributed by atoms with Crippen molar-refractivity contribution in [3.05, 3.63) is 0 Å². The molecule has 0 radical (unpaired) electrons. The Morgan fingerprint density at radius 3 is 2.50 bits per heavy atom. The van der Waals surface area contributed by atoms with Crippen LogP contribution < -0.4 is 5.90 Å². The van der Waals surface area contributed by atoms with Gasteiger partial charge in [-0.2, -0.15) is 0 Å². The van der Waals surface area contributed by atoms with Crippen LogP contribution in [-0.2, 0) is 9.57 Å². The van der Waals surface area contributed by atoms with Gasteiger partial charge >= 0.3 is 0 Å². The highest BCUT2D eigenvalue weighted by Crippen LogP contribution is 1.85. The van der Waals surface area contributed by atoms with E-state index in [-0.39, 0.29) is 19.3 Å². The zero-order chi connectivity index (χ0) is 6.41. The zero-order valence-corrected chi connectivity index (χ0v) is 4.83. The summed E-state index contributed by atoms with van der Waals surface area (Å²) in [4.78, 5) is 4.20. The monoisotopic (exact) mass is 121 g/mol. The summed E-state index contributed by atoms with van der Waals surface area (Å²) in [5, 5.41) is 8.40. The van der Waals surface area contributed by atoms with Crippen LogP contribution in [0.3, 0.4) is 0 Å². The second kappa shape index (κ2) is 4.99. The maximum atomic E-state index is 8.40. The van der Waals surface area contributed by atoms with E-state index in [4.69, 9.17) is 5.11 Å². The molecule has 8 heavy (non-hydrogen) atoms. The first kappa shape index (κ1) is 7.84. The highest BCUT2D eigenvalue weighted by molar-refractivity contribution is 4.49. The van der Waals surface area contributed by atoms with Crippen molar-refractivity contribution in [2.75, 3.05) is 20.3 Å². The van der Waals surface area contributed by atoms with Gasteiger partial charge in [-0.1, -0.05) is 0 Å². The average Bonchev–Trinajstić information content (AvgIpc) is 1.83. The van der Waals surface area contributed by atoms with Crippen molar-refractivity contribution in [2.45, 2.75) is 6.10 Å². The van der Waals surface area contributed by atoms with Gasteiger partial charge in [0.25, 0.3) is 0 Å². The van der Waals surface area contributed by atoms with E-state index >= 15 is 0 Å². The van der Waals surface area contributed by atoms with E-state index in [2.05, 4.69) is 15.5 Å². The van der Waals surface area contributed by atoms with E-state index in [1.807, 2.05) is 0 Å². The summed E-state index contributed by atoms with van der Waals surface area (Å²) in [7, 11) is 1.49. The number of hydrogen-bond donors (Lipinski definition) is 2. The molecule has 0 aromatic rings. The fourth-order valence-electron chi connectivity index (χ4n) is 0.303. The molecule has 0 aliphatic carbocycles. The van der Waals surface area contributed by atoms with Gasteiger partial charge in [0.15, 0.2) is 0 Å². The summed E-state index contributed by atoms with van der Waals surface area (Å²) in [5.74, 6) is 4.69. The van der Waals surface area contributed by atoms with Gasteiger partial charge in [-0.3, -0.25) is 0 Å². The van der Waals surface area contributed by atoms with Crippen LogP contribution in [0, 0.1) is 0 Å². The second-order valence-corrected chi connectivity index (χ2v) is 1.37. The van der Waals surface area contributed by atoms with E-state index in [0.717, 1.165) is 0 Å². The topological polar surface area (TPSA) is 64.7 Å². The Morgan fingerprint density at radius 2 is 2.38 bits per heavy atom. The van der Waals surface area contributed by atoms with Gasteiger partial charge in [-0.25, -0.2) is 5.90 Å². The molecule has 0 bridgehead atoms. The van der Waals surface area contributed by atoms with Crippen LogP contribution in [0.5, 0.6) is 0 Å². The first-order valence-corrected chi connectivity index (χ1v) is 2.30. The number of aliphatic hydroxyl groups is 1. The van der Waals surface area contributed by atoms with Crippen molar-refractivity contribution in [1.29, 1.82) is 0 Å². The molecule has 3 N–H and O–H groups in total. The summed E-state index contributed by atoms with van der Waals surface area (Å²) in [6, 6.07) is 0. The fourth-order valence-corrected chi connectivity index (χ4v) is 0.303. The molecule has 0 heterocycles. The molecular formula is C4H11NO3. The second-order valence-electron chi connectivity index (χ2n) is 1.37. The maximum Gasteiger partial charge on any atom is 0.105 e. The van der Waals surface area contributed by atoms with Gasteiger partial charge in [-0.05, 0) is 0 Å². The standard InChI is InChI=1S/C4H11NO3/c1-7-4(2-6)3-8-5/h4,6H,2-3,5H2,1H3. The molecule has 0 amide bonds. The lowest BCUT2D eigenvalue weighted by Gasteiger charge is -2.08. The molecule has 0 saturated heterocycles. The van der Waals surface area contributed by atoms with Gasteiger partial charge in [0, 0.05) is 7.11 Å². The smallest absolute Gasteiger partial charge is 0.105 e. The molecule has 1 unspecified atom stereocenters. The molecular weight excluding hydrogens is 110 g/mol. The zero-order valence-electron chi connectivity index (χ0n) is 4.83. The molecule has 0 spiro atoms. The van der Waals surface area contributed by atoms with Crippen LogP contribution in [0.25, 0.3) is 0 Å². The van der Waals surface area contributed by atoms with Crippen LogP contribution in [0.2, 0.25) is 0 Å². The third-order valence-corrected chi connectivity index (χ3v) is 0.819. The van der Waals surface area contributed by atoms with Crippen LogP contribution >= 0.6 is 0 Å². The Kier molecular flexibility index (Phi) is 4.89. The molecule has 1 atom stereocenters. The molecule has 0 saturated carbocycles. The number of ether oxygens (including phenoxy) is 1. The molecule has 4 heteroatoms. The molecule has 4 nitrogen and oxygen atoms in total. The largest absolute Gasteiger partial charge is 0.394 e. The molecule has 0 rings (SSSR count). The SMILES string of the molecule is COC(CO)CON. The molecule has 50 valence electrons. The van der Waals surface area contributed by atoms with E-state index in [1.165, 1.54) is 7.11 Å². The number of rotatable bonds is 4. The maximum absolute atomic E-state index is 8.40. The van der Waals surface area contributed by atoms with Gasteiger partial charge in [0.1, 0.15) is 6.10 Å². The van der Waals surface area contributed by atoms with Gasteiger partial charge < -0.3 is 14.7 Å². The number of hydrogen-bond acceptors (Lipinski definition) is 4. The van der Waals surface area contributed by atoms with Gasteiger partial charge in [0.2, 0.25) is 0 Å². The summed E-state index contributed by atoms with van der Waals surface area (Å²) < 4.78 is 4.68. The molecule has 0 aromatic heterocycles. The minimum Gasteiger partial charge on any atom is -0.394 e. The highest BCUT2D eigenvalue weighted by atomic mass is 16.6. The van der Waals surface area contributed by atoms with Crippen LogP contribution in [0.15, 0.2) is 0 Å². The van der Waals surface area contributed by atoms with Crippen LogP contribution in [0.1, 0.15) is 0 Å². The van der Waals surface area contributed by atoms with E-state index < -0.39 is 0 Å². The van der Waals surface area contributed by atoms with Crippen molar-refractivity contribution in [1.82, 2.24) is 0 Å². The third-order valence-electron chi connectivity index (χ3n) is 0.819. The van der Waals surface area contributed by atoms with Crippen LogP contribution in [0.4, 0.5) is 0 Å². The van der Waals surface area contributed by atoms with Crippen molar-refractivity contribution < 1.29 is 14.7 Å². The lowest BCUT2D eigenvalue weighted by atomic mass is 10.4. The number of methoxy groups -OCH3 is 1. The van der Waals surface area contributed by atoms with Crippen molar-refractivity contribution in [3.63, 3.8) is 0 Å². The average molecular weight is 121 g/mol. The lowest BCUT2D eigenvalue weighted by molar-refractivity contribution is -0.0205. The van der Waals surface area contributed by atoms with Crippen molar-refractivity contribution in [2.24, 2.45) is 5.90 Å². The van der Waals surface area contributed by atoms with E-state index in [0.29, 0.717) is 0 Å². The lowest BCUT2D eigenvalue weighted by Crippen LogP contribution is -2.23. The Balaban J connectivity index is 3.07. The quantitative estimate of drug-likeness (QED) is 0.462. The third kappa shape index (κ3) is 2.92. The Hall–Kier alpha value is -0.160. The Bertz CT molecular complexity index is 46.5. The normalized spacial score (nSPS) is 13.9. The minimum absolute atomic E-state index is 0.0618. The summed E-state index contributed by atoms with van der Waals surface area (Å²) in [5.41, 5.74) is 0. The summed E-state index contributed by atoms with van der Waals surface area (Å²) in [6.07, 6.45) is -0.292. The number of aliphatic hydroxyl groups excluding tert-OH is 1. The fraction of sp³-hybridized carbons (Fsp3) is 1.00. The molecule has 0 fully saturated rings. The summed E-state index contributed by atoms with van der Waals surface area (Å²) >= 11 is 0. The molecule has 0 aliphatic heterocycles. The number of nitrogens with two attached hydrogens (primary N) is 1. The first-order chi connectivity index (χ1) is 3.85. The molecule has 0 aromatic carbocycles. The van der Waals surface area contributed by atoms with Crippen LogP contribution in [-0.4, -0.2) is 31.5 Å². The molecule has 0 aliphatic rings. The summed E-state index contributed by atoms with van der Waals surface area (Å²) in [6.45, 7) is 0.167. The van der Waals surface area contributed by atoms with Crippen molar-refractivity contribution in [3.8, 4) is 0 Å². The minimum atomic E-state index is -0.292. The van der Waals surface area contributed by atoms with Gasteiger partial charge in [-0.15, -0.1) is 0 Å². The van der Waals surface area contributed by atoms with Crippen molar-refractivity contribution >= 4 is 0 Å². The van der Waals surface area contributed by atoms with Gasteiger partial charge in [0.05, 0.1) is 13.2 Å². The highest BCUT2D eigenvalue weighted by Gasteiger charge is 2.02. The first-order valence-electron chi connectivity index (χ1n) is 2.30. The Labute approximate surface area is 48.1 Å². The Morgan fingerprint density at radius 1 is 1.75 bits per heavy atom. The van der Waals surface area contributed by atoms with E-state index in [1.54, 1.807) is 0 Å². The predicted octanol–water partition coefficient (Wildman–Crippen LogP) is -1.12. The predicted molar refractivity (Wildman–Crippen MR) is 28.0 cm³/mol. The van der Waals surface area contributed by atoms with E-state index in [9.17, 15) is 0 Å².